The molecule has 0 unspecified atom stereocenters. The third kappa shape index (κ3) is 1.62. The molecule has 0 spiro atoms. The topological polar surface area (TPSA) is 17.1 Å². The predicted octanol–water partition coefficient (Wildman–Crippen LogP) is 2.70. The summed E-state index contributed by atoms with van der Waals surface area (Å²) in [6.45, 7) is 1.13. The van der Waals surface area contributed by atoms with Gasteiger partial charge in [-0.2, -0.15) is 13.2 Å². The van der Waals surface area contributed by atoms with E-state index in [2.05, 4.69) is 0 Å². The minimum absolute atomic E-state index is 0.0856. The first-order valence-corrected chi connectivity index (χ1v) is 3.94. The van der Waals surface area contributed by atoms with Gasteiger partial charge in [0.1, 0.15) is 5.78 Å². The molecule has 0 heterocycles. The molecule has 1 aliphatic carbocycles. The monoisotopic (exact) mass is 180 g/mol. The van der Waals surface area contributed by atoms with Crippen LogP contribution in [0.3, 0.4) is 0 Å². The summed E-state index contributed by atoms with van der Waals surface area (Å²) in [5.41, 5.74) is -1.76. The summed E-state index contributed by atoms with van der Waals surface area (Å²) < 4.78 is 37.0. The van der Waals surface area contributed by atoms with Crippen molar-refractivity contribution in [1.29, 1.82) is 0 Å². The van der Waals surface area contributed by atoms with Crippen LogP contribution in [0, 0.1) is 5.41 Å². The molecule has 1 fully saturated rings. The molecule has 4 heteroatoms. The molecule has 1 aliphatic rings. The van der Waals surface area contributed by atoms with Gasteiger partial charge in [0.25, 0.3) is 0 Å². The minimum atomic E-state index is -4.23. The molecular formula is C8H11F3O. The van der Waals surface area contributed by atoms with Crippen molar-refractivity contribution in [2.24, 2.45) is 5.41 Å². The fraction of sp³-hybridized carbons (Fsp3) is 0.875. The number of ketones is 1. The summed E-state index contributed by atoms with van der Waals surface area (Å²) in [7, 11) is 0. The molecule has 0 radical (unpaired) electrons. The highest BCUT2D eigenvalue weighted by atomic mass is 19.4. The Kier molecular flexibility index (Phi) is 2.19. The zero-order valence-corrected chi connectivity index (χ0v) is 6.87. The molecule has 0 saturated heterocycles. The van der Waals surface area contributed by atoms with Gasteiger partial charge in [-0.1, -0.05) is 6.92 Å². The van der Waals surface area contributed by atoms with Crippen molar-refractivity contribution < 1.29 is 18.0 Å². The predicted molar refractivity (Wildman–Crippen MR) is 37.6 cm³/mol. The van der Waals surface area contributed by atoms with Gasteiger partial charge in [-0.05, 0) is 12.8 Å². The molecule has 12 heavy (non-hydrogen) atoms. The van der Waals surface area contributed by atoms with Crippen LogP contribution in [-0.4, -0.2) is 12.0 Å². The number of halogens is 3. The Balaban J connectivity index is 2.77. The number of rotatable bonds is 0. The van der Waals surface area contributed by atoms with Crippen LogP contribution in [0.5, 0.6) is 0 Å². The molecule has 0 aliphatic heterocycles. The maximum Gasteiger partial charge on any atom is 0.394 e. The molecule has 70 valence electrons. The lowest BCUT2D eigenvalue weighted by Crippen LogP contribution is -2.39. The van der Waals surface area contributed by atoms with Crippen LogP contribution in [0.2, 0.25) is 0 Å². The third-order valence-corrected chi connectivity index (χ3v) is 2.46. The van der Waals surface area contributed by atoms with Gasteiger partial charge in [0.05, 0.1) is 5.41 Å². The van der Waals surface area contributed by atoms with E-state index in [1.54, 1.807) is 0 Å². The maximum absolute atomic E-state index is 12.3. The van der Waals surface area contributed by atoms with E-state index in [1.807, 2.05) is 0 Å². The maximum atomic E-state index is 12.3. The summed E-state index contributed by atoms with van der Waals surface area (Å²) in [6, 6.07) is 0. The Morgan fingerprint density at radius 2 is 2.00 bits per heavy atom. The summed E-state index contributed by atoms with van der Waals surface area (Å²) in [5, 5.41) is 0. The second-order valence-corrected chi connectivity index (χ2v) is 3.63. The largest absolute Gasteiger partial charge is 0.394 e. The highest BCUT2D eigenvalue weighted by molar-refractivity contribution is 5.79. The SMILES string of the molecule is C[C@@]1(C(F)(F)F)CCCC(=O)C1. The fourth-order valence-electron chi connectivity index (χ4n) is 1.53. The average Bonchev–Trinajstić information content (AvgIpc) is 1.83. The van der Waals surface area contributed by atoms with Crippen molar-refractivity contribution in [3.8, 4) is 0 Å². The number of hydrogen-bond donors (Lipinski definition) is 0. The second kappa shape index (κ2) is 2.75. The van der Waals surface area contributed by atoms with Gasteiger partial charge in [-0.15, -0.1) is 0 Å². The van der Waals surface area contributed by atoms with Crippen molar-refractivity contribution in [1.82, 2.24) is 0 Å². The normalized spacial score (nSPS) is 32.2. The molecular weight excluding hydrogens is 169 g/mol. The van der Waals surface area contributed by atoms with Gasteiger partial charge in [-0.25, -0.2) is 0 Å². The number of Topliss-reactive ketones (excluding diaryl/α,β-unsaturated/α-hetero) is 1. The van der Waals surface area contributed by atoms with Crippen molar-refractivity contribution in [3.05, 3.63) is 0 Å². The Morgan fingerprint density at radius 1 is 1.42 bits per heavy atom. The third-order valence-electron chi connectivity index (χ3n) is 2.46. The van der Waals surface area contributed by atoms with Crippen molar-refractivity contribution in [3.63, 3.8) is 0 Å². The van der Waals surface area contributed by atoms with Gasteiger partial charge in [-0.3, -0.25) is 4.79 Å². The fourth-order valence-corrected chi connectivity index (χ4v) is 1.53. The van der Waals surface area contributed by atoms with Crippen LogP contribution < -0.4 is 0 Å². The van der Waals surface area contributed by atoms with E-state index >= 15 is 0 Å². The minimum Gasteiger partial charge on any atom is -0.300 e. The van der Waals surface area contributed by atoms with Crippen LogP contribution in [0.4, 0.5) is 13.2 Å². The molecule has 1 nitrogen and oxygen atoms in total. The zero-order valence-electron chi connectivity index (χ0n) is 6.87. The number of carbonyl (C=O) groups excluding carboxylic acids is 1. The van der Waals surface area contributed by atoms with Crippen LogP contribution >= 0.6 is 0 Å². The summed E-state index contributed by atoms with van der Waals surface area (Å²) in [6.07, 6.45) is -3.80. The summed E-state index contributed by atoms with van der Waals surface area (Å²) in [5.74, 6) is -0.263. The number of alkyl halides is 3. The first-order chi connectivity index (χ1) is 5.35. The van der Waals surface area contributed by atoms with Crippen LogP contribution in [0.15, 0.2) is 0 Å². The number of hydrogen-bond acceptors (Lipinski definition) is 1. The van der Waals surface area contributed by atoms with E-state index in [9.17, 15) is 18.0 Å². The number of carbonyl (C=O) groups is 1. The summed E-state index contributed by atoms with van der Waals surface area (Å²) >= 11 is 0. The molecule has 1 saturated carbocycles. The van der Waals surface area contributed by atoms with E-state index in [4.69, 9.17) is 0 Å². The molecule has 0 bridgehead atoms. The smallest absolute Gasteiger partial charge is 0.300 e. The average molecular weight is 180 g/mol. The lowest BCUT2D eigenvalue weighted by molar-refractivity contribution is -0.225. The van der Waals surface area contributed by atoms with E-state index < -0.39 is 11.6 Å². The Labute approximate surface area is 68.9 Å². The first-order valence-electron chi connectivity index (χ1n) is 3.94. The summed E-state index contributed by atoms with van der Waals surface area (Å²) in [4.78, 5) is 10.8. The molecule has 0 aromatic heterocycles. The van der Waals surface area contributed by atoms with Gasteiger partial charge >= 0.3 is 6.18 Å². The standard InChI is InChI=1S/C8H11F3O/c1-7(8(9,10)11)4-2-3-6(12)5-7/h2-5H2,1H3/t7-/m1/s1. The Hall–Kier alpha value is -0.540. The molecule has 1 atom stereocenters. The van der Waals surface area contributed by atoms with Crippen LogP contribution in [0.25, 0.3) is 0 Å². The van der Waals surface area contributed by atoms with Crippen molar-refractivity contribution in [2.75, 3.05) is 0 Å². The second-order valence-electron chi connectivity index (χ2n) is 3.63. The molecule has 0 N–H and O–H groups in total. The van der Waals surface area contributed by atoms with Gasteiger partial charge < -0.3 is 0 Å². The lowest BCUT2D eigenvalue weighted by Gasteiger charge is -2.34. The Morgan fingerprint density at radius 3 is 2.33 bits per heavy atom. The first kappa shape index (κ1) is 9.55. The van der Waals surface area contributed by atoms with Gasteiger partial charge in [0.15, 0.2) is 0 Å². The van der Waals surface area contributed by atoms with E-state index in [0.29, 0.717) is 12.8 Å². The van der Waals surface area contributed by atoms with Gasteiger partial charge in [0, 0.05) is 12.8 Å². The quantitative estimate of drug-likeness (QED) is 0.560. The lowest BCUT2D eigenvalue weighted by atomic mass is 9.74. The molecule has 0 aromatic carbocycles. The highest BCUT2D eigenvalue weighted by Crippen LogP contribution is 2.47. The van der Waals surface area contributed by atoms with E-state index in [-0.39, 0.29) is 18.6 Å². The molecule has 1 rings (SSSR count). The van der Waals surface area contributed by atoms with E-state index in [1.165, 1.54) is 0 Å². The van der Waals surface area contributed by atoms with E-state index in [0.717, 1.165) is 6.92 Å². The molecule has 0 amide bonds. The van der Waals surface area contributed by atoms with Crippen molar-refractivity contribution in [2.45, 2.75) is 38.8 Å². The highest BCUT2D eigenvalue weighted by Gasteiger charge is 2.52. The molecule has 0 aromatic rings. The zero-order chi connectivity index (χ0) is 9.41. The van der Waals surface area contributed by atoms with Gasteiger partial charge in [0.2, 0.25) is 0 Å². The van der Waals surface area contributed by atoms with Crippen molar-refractivity contribution >= 4 is 5.78 Å². The Bertz CT molecular complexity index is 197. The van der Waals surface area contributed by atoms with Crippen LogP contribution in [0.1, 0.15) is 32.6 Å². The van der Waals surface area contributed by atoms with Crippen LogP contribution in [-0.2, 0) is 4.79 Å².